The molecule has 0 bridgehead atoms. The number of aryl methyl sites for hydroxylation is 1. The monoisotopic (exact) mass is 296 g/mol. The van der Waals surface area contributed by atoms with Crippen molar-refractivity contribution in [1.82, 2.24) is 9.36 Å². The van der Waals surface area contributed by atoms with E-state index in [4.69, 9.17) is 10.5 Å². The normalized spacial score (nSPS) is 22.8. The Labute approximate surface area is 120 Å². The summed E-state index contributed by atoms with van der Waals surface area (Å²) in [7, 11) is 0. The first-order valence-electron chi connectivity index (χ1n) is 6.21. The van der Waals surface area contributed by atoms with E-state index >= 15 is 0 Å². The van der Waals surface area contributed by atoms with Crippen molar-refractivity contribution in [3.63, 3.8) is 0 Å². The van der Waals surface area contributed by atoms with E-state index in [9.17, 15) is 0 Å². The van der Waals surface area contributed by atoms with Crippen molar-refractivity contribution >= 4 is 33.7 Å². The fourth-order valence-electron chi connectivity index (χ4n) is 2.22. The van der Waals surface area contributed by atoms with Crippen LogP contribution in [0.3, 0.4) is 0 Å². The molecule has 2 aromatic heterocycles. The maximum atomic E-state index is 5.98. The molecule has 19 heavy (non-hydrogen) atoms. The van der Waals surface area contributed by atoms with Gasteiger partial charge in [0.1, 0.15) is 10.8 Å². The zero-order valence-corrected chi connectivity index (χ0v) is 12.5. The highest BCUT2D eigenvalue weighted by Gasteiger charge is 2.26. The van der Waals surface area contributed by atoms with Crippen molar-refractivity contribution in [3.8, 4) is 11.3 Å². The molecule has 0 radical (unpaired) electrons. The molecular formula is C12H16N4OS2. The van der Waals surface area contributed by atoms with Crippen LogP contribution in [-0.2, 0) is 4.74 Å². The molecule has 0 amide bonds. The Morgan fingerprint density at radius 3 is 3.00 bits per heavy atom. The first-order valence-corrected chi connectivity index (χ1v) is 7.86. The van der Waals surface area contributed by atoms with E-state index in [0.29, 0.717) is 11.9 Å². The molecule has 0 aromatic carbocycles. The summed E-state index contributed by atoms with van der Waals surface area (Å²) in [4.78, 5) is 4.50. The quantitative estimate of drug-likeness (QED) is 0.911. The van der Waals surface area contributed by atoms with Crippen LogP contribution in [0.5, 0.6) is 0 Å². The van der Waals surface area contributed by atoms with Crippen molar-refractivity contribution in [1.29, 1.82) is 0 Å². The summed E-state index contributed by atoms with van der Waals surface area (Å²) < 4.78 is 9.82. The van der Waals surface area contributed by atoms with Gasteiger partial charge in [0.25, 0.3) is 0 Å². The predicted octanol–water partition coefficient (Wildman–Crippen LogP) is 2.75. The molecule has 3 heterocycles. The highest BCUT2D eigenvalue weighted by molar-refractivity contribution is 7.11. The van der Waals surface area contributed by atoms with E-state index in [1.807, 2.05) is 12.3 Å². The highest BCUT2D eigenvalue weighted by Crippen LogP contribution is 2.38. The number of nitrogens with two attached hydrogens (primary N) is 1. The smallest absolute Gasteiger partial charge is 0.148 e. The lowest BCUT2D eigenvalue weighted by Crippen LogP contribution is -2.26. The highest BCUT2D eigenvalue weighted by atomic mass is 32.1. The summed E-state index contributed by atoms with van der Waals surface area (Å²) in [6, 6.07) is 0.318. The van der Waals surface area contributed by atoms with Gasteiger partial charge in [-0.05, 0) is 31.8 Å². The third kappa shape index (κ3) is 2.45. The van der Waals surface area contributed by atoms with Crippen LogP contribution in [-0.4, -0.2) is 28.1 Å². The van der Waals surface area contributed by atoms with Crippen LogP contribution >= 0.6 is 22.9 Å². The van der Waals surface area contributed by atoms with Gasteiger partial charge < -0.3 is 15.8 Å². The zero-order valence-electron chi connectivity index (χ0n) is 10.8. The average Bonchev–Trinajstić information content (AvgIpc) is 3.04. The Hall–Kier alpha value is -1.18. The van der Waals surface area contributed by atoms with Gasteiger partial charge in [0.05, 0.1) is 28.4 Å². The van der Waals surface area contributed by atoms with Gasteiger partial charge in [-0.25, -0.2) is 4.98 Å². The molecule has 1 saturated heterocycles. The number of nitrogens with zero attached hydrogens (tertiary/aromatic N) is 2. The maximum Gasteiger partial charge on any atom is 0.148 e. The van der Waals surface area contributed by atoms with Crippen molar-refractivity contribution < 1.29 is 4.74 Å². The van der Waals surface area contributed by atoms with E-state index in [-0.39, 0.29) is 6.10 Å². The van der Waals surface area contributed by atoms with E-state index in [1.54, 1.807) is 11.3 Å². The van der Waals surface area contributed by atoms with Crippen molar-refractivity contribution in [3.05, 3.63) is 10.4 Å². The molecule has 102 valence electrons. The number of anilines is 2. The van der Waals surface area contributed by atoms with Crippen molar-refractivity contribution in [2.45, 2.75) is 32.4 Å². The van der Waals surface area contributed by atoms with Crippen LogP contribution in [0.15, 0.2) is 5.38 Å². The second kappa shape index (κ2) is 5.07. The van der Waals surface area contributed by atoms with E-state index in [1.165, 1.54) is 11.5 Å². The minimum absolute atomic E-state index is 0.216. The Morgan fingerprint density at radius 2 is 2.37 bits per heavy atom. The molecule has 7 heteroatoms. The van der Waals surface area contributed by atoms with Crippen LogP contribution in [0.25, 0.3) is 11.3 Å². The summed E-state index contributed by atoms with van der Waals surface area (Å²) in [5, 5.41) is 7.55. The van der Waals surface area contributed by atoms with Crippen LogP contribution in [0.2, 0.25) is 0 Å². The molecule has 2 unspecified atom stereocenters. The molecule has 1 aliphatic rings. The van der Waals surface area contributed by atoms with Gasteiger partial charge >= 0.3 is 0 Å². The Morgan fingerprint density at radius 1 is 1.53 bits per heavy atom. The molecule has 2 atom stereocenters. The van der Waals surface area contributed by atoms with Gasteiger partial charge in [0.15, 0.2) is 0 Å². The first-order chi connectivity index (χ1) is 9.15. The van der Waals surface area contributed by atoms with Gasteiger partial charge in [-0.1, -0.05) is 0 Å². The van der Waals surface area contributed by atoms with E-state index in [2.05, 4.69) is 21.6 Å². The third-order valence-corrected chi connectivity index (χ3v) is 4.85. The number of aromatic nitrogens is 2. The molecule has 5 nitrogen and oxygen atoms in total. The summed E-state index contributed by atoms with van der Waals surface area (Å²) in [5.41, 5.74) is 7.81. The van der Waals surface area contributed by atoms with Gasteiger partial charge in [-0.2, -0.15) is 4.37 Å². The summed E-state index contributed by atoms with van der Waals surface area (Å²) in [6.45, 7) is 4.88. The fraction of sp³-hybridized carbons (Fsp3) is 0.500. The Bertz CT molecular complexity index is 580. The second-order valence-electron chi connectivity index (χ2n) is 4.64. The molecule has 1 fully saturated rings. The number of nitrogens with one attached hydrogen (secondary N) is 1. The van der Waals surface area contributed by atoms with Gasteiger partial charge in [-0.15, -0.1) is 11.3 Å². The lowest BCUT2D eigenvalue weighted by atomic mass is 10.1. The lowest BCUT2D eigenvalue weighted by Gasteiger charge is -2.16. The average molecular weight is 296 g/mol. The molecule has 3 N–H and O–H groups in total. The lowest BCUT2D eigenvalue weighted by molar-refractivity contribution is 0.121. The summed E-state index contributed by atoms with van der Waals surface area (Å²) in [6.07, 6.45) is 1.22. The van der Waals surface area contributed by atoms with Crippen LogP contribution in [0.4, 0.5) is 10.8 Å². The second-order valence-corrected chi connectivity index (χ2v) is 6.47. The van der Waals surface area contributed by atoms with E-state index < -0.39 is 0 Å². The topological polar surface area (TPSA) is 73.1 Å². The number of rotatable bonds is 3. The van der Waals surface area contributed by atoms with E-state index in [0.717, 1.165) is 34.3 Å². The Kier molecular flexibility index (Phi) is 3.42. The molecule has 0 spiro atoms. The molecule has 2 aromatic rings. The van der Waals surface area contributed by atoms with Crippen LogP contribution in [0.1, 0.15) is 18.4 Å². The summed E-state index contributed by atoms with van der Waals surface area (Å²) >= 11 is 3.01. The summed E-state index contributed by atoms with van der Waals surface area (Å²) in [5.74, 6) is 0.546. The molecule has 1 aliphatic heterocycles. The third-order valence-electron chi connectivity index (χ3n) is 3.29. The molecular weight excluding hydrogens is 280 g/mol. The fourth-order valence-corrected chi connectivity index (χ4v) is 3.61. The molecule has 3 rings (SSSR count). The zero-order chi connectivity index (χ0) is 13.4. The molecule has 0 saturated carbocycles. The SMILES string of the molecule is Cc1nc(-c2c(N)nsc2NC2CCOC2C)cs1. The van der Waals surface area contributed by atoms with Crippen molar-refractivity contribution in [2.24, 2.45) is 0 Å². The largest absolute Gasteiger partial charge is 0.382 e. The standard InChI is InChI=1S/C12H16N4OS2/c1-6-8(3-4-17-6)15-12-10(11(13)16-19-12)9-5-18-7(2)14-9/h5-6,8,15H,3-4H2,1-2H3,(H2,13,16). The maximum absolute atomic E-state index is 5.98. The number of hydrogen-bond acceptors (Lipinski definition) is 7. The molecule has 0 aliphatic carbocycles. The number of hydrogen-bond donors (Lipinski definition) is 2. The van der Waals surface area contributed by atoms with Crippen LogP contribution < -0.4 is 11.1 Å². The first kappa shape index (κ1) is 12.8. The van der Waals surface area contributed by atoms with Gasteiger partial charge in [0, 0.05) is 12.0 Å². The van der Waals surface area contributed by atoms with Crippen molar-refractivity contribution in [2.75, 3.05) is 17.7 Å². The van der Waals surface area contributed by atoms with Gasteiger partial charge in [-0.3, -0.25) is 0 Å². The minimum Gasteiger partial charge on any atom is -0.382 e. The minimum atomic E-state index is 0.216. The number of ether oxygens (including phenoxy) is 1. The van der Waals surface area contributed by atoms with Crippen LogP contribution in [0, 0.1) is 6.92 Å². The Balaban J connectivity index is 1.90. The predicted molar refractivity (Wildman–Crippen MR) is 79.8 cm³/mol. The number of thiazole rings is 1. The van der Waals surface area contributed by atoms with Gasteiger partial charge in [0.2, 0.25) is 0 Å². The number of nitrogen functional groups attached to an aromatic ring is 1.